The first-order chi connectivity index (χ1) is 11.2. The van der Waals surface area contributed by atoms with Crippen LogP contribution < -0.4 is 5.32 Å². The molecule has 1 aliphatic heterocycles. The molecule has 1 aliphatic rings. The Morgan fingerprint density at radius 3 is 2.58 bits per heavy atom. The van der Waals surface area contributed by atoms with Crippen molar-refractivity contribution in [3.63, 3.8) is 0 Å². The largest absolute Gasteiger partial charge is 0.335 e. The first kappa shape index (κ1) is 21.0. The van der Waals surface area contributed by atoms with Crippen LogP contribution in [0.25, 0.3) is 0 Å². The minimum Gasteiger partial charge on any atom is -0.335 e. The molecule has 4 heteroatoms. The van der Waals surface area contributed by atoms with Crippen molar-refractivity contribution in [1.82, 2.24) is 10.2 Å². The van der Waals surface area contributed by atoms with Crippen LogP contribution in [0.15, 0.2) is 30.3 Å². The van der Waals surface area contributed by atoms with Crippen molar-refractivity contribution in [2.45, 2.75) is 65.0 Å². The molecule has 0 bridgehead atoms. The van der Waals surface area contributed by atoms with E-state index < -0.39 is 0 Å². The lowest BCUT2D eigenvalue weighted by Crippen LogP contribution is -2.45. The van der Waals surface area contributed by atoms with Crippen molar-refractivity contribution in [3.05, 3.63) is 35.9 Å². The van der Waals surface area contributed by atoms with Crippen LogP contribution in [0.3, 0.4) is 0 Å². The summed E-state index contributed by atoms with van der Waals surface area (Å²) in [6.07, 6.45) is 5.11. The molecule has 0 saturated carbocycles. The van der Waals surface area contributed by atoms with Gasteiger partial charge in [0.05, 0.1) is 6.04 Å². The maximum absolute atomic E-state index is 13.2. The quantitative estimate of drug-likeness (QED) is 0.779. The highest BCUT2D eigenvalue weighted by Gasteiger charge is 2.31. The fraction of sp³-hybridized carbons (Fsp3) is 0.650. The van der Waals surface area contributed by atoms with E-state index in [9.17, 15) is 4.79 Å². The average molecular weight is 353 g/mol. The first-order valence-corrected chi connectivity index (χ1v) is 9.26. The lowest BCUT2D eigenvalue weighted by molar-refractivity contribution is -0.139. The van der Waals surface area contributed by atoms with E-state index in [0.717, 1.165) is 45.2 Å². The second-order valence-electron chi connectivity index (χ2n) is 6.80. The van der Waals surface area contributed by atoms with Crippen molar-refractivity contribution < 1.29 is 4.79 Å². The van der Waals surface area contributed by atoms with Crippen LogP contribution in [-0.4, -0.2) is 29.9 Å². The molecule has 136 valence electrons. The Morgan fingerprint density at radius 1 is 1.29 bits per heavy atom. The third-order valence-corrected chi connectivity index (χ3v) is 4.96. The second kappa shape index (κ2) is 10.7. The third-order valence-electron chi connectivity index (χ3n) is 4.96. The van der Waals surface area contributed by atoms with Crippen LogP contribution in [0.1, 0.15) is 64.5 Å². The second-order valence-corrected chi connectivity index (χ2v) is 6.80. The van der Waals surface area contributed by atoms with Gasteiger partial charge in [0.25, 0.3) is 0 Å². The van der Waals surface area contributed by atoms with E-state index in [-0.39, 0.29) is 24.4 Å². The van der Waals surface area contributed by atoms with Crippen molar-refractivity contribution in [3.8, 4) is 0 Å². The van der Waals surface area contributed by atoms with Gasteiger partial charge in [-0.15, -0.1) is 12.4 Å². The predicted molar refractivity (Wildman–Crippen MR) is 104 cm³/mol. The number of rotatable bonds is 7. The average Bonchev–Trinajstić information content (AvgIpc) is 2.59. The lowest BCUT2D eigenvalue weighted by atomic mass is 9.90. The minimum absolute atomic E-state index is 0. The van der Waals surface area contributed by atoms with Gasteiger partial charge >= 0.3 is 0 Å². The molecule has 0 aliphatic carbocycles. The Morgan fingerprint density at radius 2 is 2.00 bits per heavy atom. The van der Waals surface area contributed by atoms with E-state index in [1.807, 2.05) is 6.07 Å². The van der Waals surface area contributed by atoms with E-state index in [1.165, 1.54) is 5.56 Å². The number of benzene rings is 1. The summed E-state index contributed by atoms with van der Waals surface area (Å²) in [6, 6.07) is 11.2. The van der Waals surface area contributed by atoms with E-state index in [0.29, 0.717) is 11.9 Å². The number of amides is 1. The summed E-state index contributed by atoms with van der Waals surface area (Å²) in [4.78, 5) is 15.4. The molecular weight excluding hydrogens is 320 g/mol. The fourth-order valence-electron chi connectivity index (χ4n) is 3.65. The normalized spacial score (nSPS) is 21.6. The SMILES string of the molecule is CCCCN(C(=O)[C@H]1CCN[C@@H](C)C1)C(CC)c1ccccc1.Cl. The van der Waals surface area contributed by atoms with Gasteiger partial charge in [0.15, 0.2) is 0 Å². The number of hydrogen-bond acceptors (Lipinski definition) is 2. The van der Waals surface area contributed by atoms with Crippen molar-refractivity contribution in [2.75, 3.05) is 13.1 Å². The van der Waals surface area contributed by atoms with Crippen molar-refractivity contribution >= 4 is 18.3 Å². The Hall–Kier alpha value is -1.06. The minimum atomic E-state index is 0. The van der Waals surface area contributed by atoms with E-state index in [2.05, 4.69) is 55.3 Å². The van der Waals surface area contributed by atoms with Crippen LogP contribution in [-0.2, 0) is 4.79 Å². The van der Waals surface area contributed by atoms with Gasteiger partial charge in [0, 0.05) is 18.5 Å². The number of nitrogens with one attached hydrogen (secondary N) is 1. The number of hydrogen-bond donors (Lipinski definition) is 1. The molecule has 1 fully saturated rings. The fourth-order valence-corrected chi connectivity index (χ4v) is 3.65. The van der Waals surface area contributed by atoms with Gasteiger partial charge in [-0.3, -0.25) is 4.79 Å². The molecule has 2 rings (SSSR count). The molecule has 3 nitrogen and oxygen atoms in total. The van der Waals surface area contributed by atoms with Gasteiger partial charge in [-0.25, -0.2) is 0 Å². The number of carbonyl (C=O) groups is 1. The third kappa shape index (κ3) is 5.49. The number of carbonyl (C=O) groups excluding carboxylic acids is 1. The zero-order valence-corrected chi connectivity index (χ0v) is 16.1. The Kier molecular flexibility index (Phi) is 9.38. The molecule has 1 unspecified atom stereocenters. The highest BCUT2D eigenvalue weighted by Crippen LogP contribution is 2.29. The van der Waals surface area contributed by atoms with Crippen LogP contribution in [0.2, 0.25) is 0 Å². The molecule has 1 amide bonds. The van der Waals surface area contributed by atoms with E-state index in [4.69, 9.17) is 0 Å². The summed E-state index contributed by atoms with van der Waals surface area (Å²) in [7, 11) is 0. The summed E-state index contributed by atoms with van der Waals surface area (Å²) >= 11 is 0. The Labute approximate surface area is 153 Å². The molecular formula is C20H33ClN2O. The molecule has 0 spiro atoms. The summed E-state index contributed by atoms with van der Waals surface area (Å²) < 4.78 is 0. The van der Waals surface area contributed by atoms with Crippen LogP contribution in [0.4, 0.5) is 0 Å². The summed E-state index contributed by atoms with van der Waals surface area (Å²) in [5, 5.41) is 3.45. The zero-order valence-electron chi connectivity index (χ0n) is 15.3. The van der Waals surface area contributed by atoms with Gasteiger partial charge in [-0.05, 0) is 44.7 Å². The molecule has 1 saturated heterocycles. The summed E-state index contributed by atoms with van der Waals surface area (Å²) in [5.41, 5.74) is 1.27. The van der Waals surface area contributed by atoms with Gasteiger partial charge in [-0.1, -0.05) is 50.6 Å². The highest BCUT2D eigenvalue weighted by atomic mass is 35.5. The summed E-state index contributed by atoms with van der Waals surface area (Å²) in [6.45, 7) is 8.40. The standard InChI is InChI=1S/C20H32N2O.ClH/c1-4-6-14-22(19(5-2)17-10-8-7-9-11-17)20(23)18-12-13-21-16(3)15-18;/h7-11,16,18-19,21H,4-6,12-15H2,1-3H3;1H/t16-,18-,19?;/m0./s1. The van der Waals surface area contributed by atoms with Crippen molar-refractivity contribution in [1.29, 1.82) is 0 Å². The predicted octanol–water partition coefficient (Wildman–Crippen LogP) is 4.58. The summed E-state index contributed by atoms with van der Waals surface area (Å²) in [5.74, 6) is 0.545. The molecule has 1 heterocycles. The Balaban J connectivity index is 0.00000288. The number of halogens is 1. The van der Waals surface area contributed by atoms with E-state index >= 15 is 0 Å². The van der Waals surface area contributed by atoms with E-state index in [1.54, 1.807) is 0 Å². The zero-order chi connectivity index (χ0) is 16.7. The number of unbranched alkanes of at least 4 members (excludes halogenated alkanes) is 1. The van der Waals surface area contributed by atoms with Gasteiger partial charge in [0.2, 0.25) is 5.91 Å². The molecule has 3 atom stereocenters. The highest BCUT2D eigenvalue weighted by molar-refractivity contribution is 5.85. The molecule has 24 heavy (non-hydrogen) atoms. The number of nitrogens with zero attached hydrogens (tertiary/aromatic N) is 1. The molecule has 1 aromatic rings. The maximum atomic E-state index is 13.2. The smallest absolute Gasteiger partial charge is 0.226 e. The van der Waals surface area contributed by atoms with Crippen molar-refractivity contribution in [2.24, 2.45) is 5.92 Å². The maximum Gasteiger partial charge on any atom is 0.226 e. The van der Waals surface area contributed by atoms with Crippen LogP contribution >= 0.6 is 12.4 Å². The molecule has 1 aromatic carbocycles. The monoisotopic (exact) mass is 352 g/mol. The van der Waals surface area contributed by atoms with Crippen LogP contribution in [0, 0.1) is 5.92 Å². The van der Waals surface area contributed by atoms with Gasteiger partial charge < -0.3 is 10.2 Å². The van der Waals surface area contributed by atoms with Gasteiger partial charge in [-0.2, -0.15) is 0 Å². The molecule has 1 N–H and O–H groups in total. The lowest BCUT2D eigenvalue weighted by Gasteiger charge is -2.37. The van der Waals surface area contributed by atoms with Crippen LogP contribution in [0.5, 0.6) is 0 Å². The van der Waals surface area contributed by atoms with Gasteiger partial charge in [0.1, 0.15) is 0 Å². The first-order valence-electron chi connectivity index (χ1n) is 9.26. The molecule has 0 radical (unpaired) electrons. The number of piperidine rings is 1. The topological polar surface area (TPSA) is 32.3 Å². The Bertz CT molecular complexity index is 480. The molecule has 0 aromatic heterocycles.